The molecule has 0 heterocycles. The summed E-state index contributed by atoms with van der Waals surface area (Å²) in [6.45, 7) is -0.417. The number of hydrogen-bond donors (Lipinski definition) is 3. The van der Waals surface area contributed by atoms with Gasteiger partial charge >= 0.3 is 0 Å². The van der Waals surface area contributed by atoms with Gasteiger partial charge in [0.2, 0.25) is 0 Å². The first-order chi connectivity index (χ1) is 16.3. The van der Waals surface area contributed by atoms with Gasteiger partial charge < -0.3 is 30.6 Å². The van der Waals surface area contributed by atoms with Crippen LogP contribution in [0.15, 0.2) is 60.7 Å². The molecule has 0 aromatic heterocycles. The molecule has 4 N–H and O–H groups in total. The van der Waals surface area contributed by atoms with Crippen LogP contribution in [0.2, 0.25) is 5.02 Å². The number of carbonyl (C=O) groups is 3. The molecule has 9 nitrogen and oxygen atoms in total. The highest BCUT2D eigenvalue weighted by atomic mass is 35.5. The van der Waals surface area contributed by atoms with Crippen LogP contribution >= 0.6 is 11.6 Å². The Hall–Kier alpha value is -4.24. The summed E-state index contributed by atoms with van der Waals surface area (Å²) >= 11 is 5.88. The van der Waals surface area contributed by atoms with Crippen LogP contribution in [0.4, 0.5) is 11.4 Å². The first kappa shape index (κ1) is 24.4. The van der Waals surface area contributed by atoms with Crippen molar-refractivity contribution < 1.29 is 28.6 Å². The molecule has 34 heavy (non-hydrogen) atoms. The van der Waals surface area contributed by atoms with Crippen molar-refractivity contribution in [1.82, 2.24) is 0 Å². The molecule has 3 amide bonds. The number of benzene rings is 3. The minimum Gasteiger partial charge on any atom is -0.494 e. The molecular weight excluding hydrogens is 462 g/mol. The minimum atomic E-state index is -0.738. The zero-order valence-electron chi connectivity index (χ0n) is 18.4. The molecular formula is C24H22ClN3O6. The molecule has 10 heteroatoms. The maximum atomic E-state index is 12.5. The van der Waals surface area contributed by atoms with E-state index in [1.165, 1.54) is 44.6 Å². The van der Waals surface area contributed by atoms with Crippen LogP contribution in [0.1, 0.15) is 20.7 Å². The fourth-order valence-corrected chi connectivity index (χ4v) is 3.20. The minimum absolute atomic E-state index is 0.0538. The van der Waals surface area contributed by atoms with Gasteiger partial charge in [0.05, 0.1) is 31.2 Å². The zero-order valence-corrected chi connectivity index (χ0v) is 19.1. The van der Waals surface area contributed by atoms with Gasteiger partial charge in [-0.15, -0.1) is 0 Å². The van der Waals surface area contributed by atoms with Crippen LogP contribution in [0.25, 0.3) is 0 Å². The van der Waals surface area contributed by atoms with Crippen molar-refractivity contribution in [2.75, 3.05) is 31.5 Å². The van der Waals surface area contributed by atoms with Crippen LogP contribution in [0.3, 0.4) is 0 Å². The van der Waals surface area contributed by atoms with Crippen molar-refractivity contribution >= 4 is 40.7 Å². The summed E-state index contributed by atoms with van der Waals surface area (Å²) in [5.41, 5.74) is 6.50. The molecule has 3 aromatic carbocycles. The fraction of sp³-hybridized carbons (Fsp3) is 0.125. The summed E-state index contributed by atoms with van der Waals surface area (Å²) < 4.78 is 16.2. The monoisotopic (exact) mass is 483 g/mol. The maximum Gasteiger partial charge on any atom is 0.262 e. The third-order valence-electron chi connectivity index (χ3n) is 4.65. The molecule has 176 valence electrons. The van der Waals surface area contributed by atoms with Gasteiger partial charge in [0.15, 0.2) is 6.61 Å². The summed E-state index contributed by atoms with van der Waals surface area (Å²) in [6.07, 6.45) is 0. The second-order valence-electron chi connectivity index (χ2n) is 6.91. The van der Waals surface area contributed by atoms with Gasteiger partial charge in [0, 0.05) is 22.7 Å². The molecule has 0 aliphatic heterocycles. The molecule has 0 bridgehead atoms. The highest BCUT2D eigenvalue weighted by molar-refractivity contribution is 6.31. The number of hydrogen-bond acceptors (Lipinski definition) is 6. The summed E-state index contributed by atoms with van der Waals surface area (Å²) in [6, 6.07) is 16.0. The number of methoxy groups -OCH3 is 2. The lowest BCUT2D eigenvalue weighted by molar-refractivity contribution is -0.118. The number of amides is 3. The molecule has 0 aliphatic carbocycles. The number of halogens is 1. The van der Waals surface area contributed by atoms with E-state index in [9.17, 15) is 14.4 Å². The molecule has 0 atom stereocenters. The van der Waals surface area contributed by atoms with Gasteiger partial charge in [-0.1, -0.05) is 29.8 Å². The van der Waals surface area contributed by atoms with E-state index < -0.39 is 18.4 Å². The van der Waals surface area contributed by atoms with Crippen molar-refractivity contribution in [3.63, 3.8) is 0 Å². The Morgan fingerprint density at radius 2 is 1.47 bits per heavy atom. The highest BCUT2D eigenvalue weighted by Gasteiger charge is 2.17. The van der Waals surface area contributed by atoms with Gasteiger partial charge in [-0.25, -0.2) is 0 Å². The van der Waals surface area contributed by atoms with Crippen LogP contribution < -0.4 is 30.6 Å². The van der Waals surface area contributed by atoms with E-state index in [0.29, 0.717) is 22.0 Å². The number of rotatable bonds is 9. The lowest BCUT2D eigenvalue weighted by Crippen LogP contribution is -2.22. The predicted octanol–water partition coefficient (Wildman–Crippen LogP) is 3.73. The van der Waals surface area contributed by atoms with Crippen LogP contribution in [-0.2, 0) is 4.79 Å². The van der Waals surface area contributed by atoms with E-state index in [-0.39, 0.29) is 28.7 Å². The van der Waals surface area contributed by atoms with Crippen molar-refractivity contribution in [1.29, 1.82) is 0 Å². The Labute approximate surface area is 200 Å². The Bertz CT molecular complexity index is 1220. The molecule has 0 saturated heterocycles. The normalized spacial score (nSPS) is 10.2. The zero-order chi connectivity index (χ0) is 24.7. The predicted molar refractivity (Wildman–Crippen MR) is 128 cm³/mol. The summed E-state index contributed by atoms with van der Waals surface area (Å²) in [5, 5.41) is 5.73. The Kier molecular flexibility index (Phi) is 7.94. The largest absolute Gasteiger partial charge is 0.494 e. The number of primary amides is 1. The van der Waals surface area contributed by atoms with Crippen LogP contribution in [0.5, 0.6) is 17.2 Å². The number of ether oxygens (including phenoxy) is 3. The standard InChI is InChI=1S/C24H22ClN3O6/c1-32-20-12-18(28-24(31)14-6-4-3-5-7-14)21(33-2)11-17(20)27-22(29)13-34-19-9-8-15(25)10-16(19)23(26)30/h3-12H,13H2,1-2H3,(H2,26,30)(H,27,29)(H,28,31). The average molecular weight is 484 g/mol. The van der Waals surface area contributed by atoms with E-state index in [1.807, 2.05) is 6.07 Å². The Morgan fingerprint density at radius 1 is 0.853 bits per heavy atom. The smallest absolute Gasteiger partial charge is 0.262 e. The highest BCUT2D eigenvalue weighted by Crippen LogP contribution is 2.36. The van der Waals surface area contributed by atoms with Crippen molar-refractivity contribution in [2.45, 2.75) is 0 Å². The summed E-state index contributed by atoms with van der Waals surface area (Å²) in [5.74, 6) is -0.906. The first-order valence-corrected chi connectivity index (χ1v) is 10.3. The SMILES string of the molecule is COc1cc(NC(=O)c2ccccc2)c(OC)cc1NC(=O)COc1ccc(Cl)cc1C(N)=O. The second-order valence-corrected chi connectivity index (χ2v) is 7.35. The molecule has 0 spiro atoms. The fourth-order valence-electron chi connectivity index (χ4n) is 3.03. The van der Waals surface area contributed by atoms with Gasteiger partial charge in [-0.3, -0.25) is 14.4 Å². The lowest BCUT2D eigenvalue weighted by atomic mass is 10.2. The average Bonchev–Trinajstić information content (AvgIpc) is 2.84. The third kappa shape index (κ3) is 5.96. The summed E-state index contributed by atoms with van der Waals surface area (Å²) in [4.78, 5) is 36.6. The van der Waals surface area contributed by atoms with E-state index in [1.54, 1.807) is 24.3 Å². The molecule has 3 rings (SSSR count). The first-order valence-electron chi connectivity index (χ1n) is 9.96. The molecule has 0 fully saturated rings. The van der Waals surface area contributed by atoms with E-state index in [2.05, 4.69) is 10.6 Å². The molecule has 0 saturated carbocycles. The lowest BCUT2D eigenvalue weighted by Gasteiger charge is -2.16. The van der Waals surface area contributed by atoms with Crippen LogP contribution in [-0.4, -0.2) is 38.5 Å². The van der Waals surface area contributed by atoms with Crippen molar-refractivity contribution in [3.8, 4) is 17.2 Å². The van der Waals surface area contributed by atoms with Gasteiger partial charge in [0.1, 0.15) is 17.2 Å². The summed E-state index contributed by atoms with van der Waals surface area (Å²) in [7, 11) is 2.85. The number of carbonyl (C=O) groups excluding carboxylic acids is 3. The number of nitrogens with one attached hydrogen (secondary N) is 2. The molecule has 3 aromatic rings. The second kappa shape index (κ2) is 11.1. The maximum absolute atomic E-state index is 12.5. The molecule has 0 radical (unpaired) electrons. The van der Waals surface area contributed by atoms with E-state index in [4.69, 9.17) is 31.5 Å². The van der Waals surface area contributed by atoms with Crippen molar-refractivity contribution in [3.05, 3.63) is 76.8 Å². The number of anilines is 2. The number of nitrogens with two attached hydrogens (primary N) is 1. The Balaban J connectivity index is 1.75. The van der Waals surface area contributed by atoms with Crippen LogP contribution in [0, 0.1) is 0 Å². The Morgan fingerprint density at radius 3 is 2.06 bits per heavy atom. The van der Waals surface area contributed by atoms with Gasteiger partial charge in [-0.05, 0) is 30.3 Å². The van der Waals surface area contributed by atoms with Crippen molar-refractivity contribution in [2.24, 2.45) is 5.73 Å². The van der Waals surface area contributed by atoms with Gasteiger partial charge in [-0.2, -0.15) is 0 Å². The van der Waals surface area contributed by atoms with E-state index in [0.717, 1.165) is 0 Å². The quantitative estimate of drug-likeness (QED) is 0.425. The molecule has 0 aliphatic rings. The third-order valence-corrected chi connectivity index (χ3v) is 4.88. The topological polar surface area (TPSA) is 129 Å². The van der Waals surface area contributed by atoms with E-state index >= 15 is 0 Å². The van der Waals surface area contributed by atoms with Gasteiger partial charge in [0.25, 0.3) is 17.7 Å². The molecule has 0 unspecified atom stereocenters.